The molecule has 15 nitrogen and oxygen atoms in total. The molecule has 2 aromatic rings. The van der Waals surface area contributed by atoms with Gasteiger partial charge >= 0.3 is 5.97 Å². The van der Waals surface area contributed by atoms with Crippen molar-refractivity contribution < 1.29 is 33.7 Å². The topological polar surface area (TPSA) is 216 Å². The van der Waals surface area contributed by atoms with E-state index in [2.05, 4.69) is 32.9 Å². The number of esters is 1. The molecule has 0 aliphatic heterocycles. The summed E-state index contributed by atoms with van der Waals surface area (Å²) < 4.78 is 10.3. The first-order chi connectivity index (χ1) is 21.1. The number of guanidine groups is 1. The maximum atomic E-state index is 13.5. The van der Waals surface area contributed by atoms with Gasteiger partial charge in [0.1, 0.15) is 23.2 Å². The average molecular weight is 612 g/mol. The van der Waals surface area contributed by atoms with E-state index in [1.165, 1.54) is 6.08 Å². The van der Waals surface area contributed by atoms with Crippen LogP contribution in [-0.4, -0.2) is 79.7 Å². The largest absolute Gasteiger partial charge is 0.467 e. The second-order valence-corrected chi connectivity index (χ2v) is 9.35. The molecule has 0 radical (unpaired) electrons. The number of benzene rings is 2. The summed E-state index contributed by atoms with van der Waals surface area (Å²) in [7, 11) is 1.16. The van der Waals surface area contributed by atoms with E-state index in [0.717, 1.165) is 12.7 Å². The highest BCUT2D eigenvalue weighted by molar-refractivity contribution is 5.98. The molecule has 3 atom stereocenters. The van der Waals surface area contributed by atoms with Crippen LogP contribution in [-0.2, 0) is 30.3 Å². The van der Waals surface area contributed by atoms with Crippen molar-refractivity contribution in [3.05, 3.63) is 94.6 Å². The van der Waals surface area contributed by atoms with Crippen molar-refractivity contribution >= 4 is 29.7 Å². The summed E-state index contributed by atoms with van der Waals surface area (Å²) in [6, 6.07) is 13.8. The first-order valence-electron chi connectivity index (χ1n) is 13.6. The van der Waals surface area contributed by atoms with Crippen LogP contribution in [0.5, 0.6) is 0 Å². The van der Waals surface area contributed by atoms with Crippen LogP contribution in [0.2, 0.25) is 0 Å². The van der Waals surface area contributed by atoms with Gasteiger partial charge in [0.15, 0.2) is 5.03 Å². The Kier molecular flexibility index (Phi) is 15.1. The van der Waals surface area contributed by atoms with Gasteiger partial charge in [-0.1, -0.05) is 54.6 Å². The summed E-state index contributed by atoms with van der Waals surface area (Å²) in [4.78, 5) is 62.7. The summed E-state index contributed by atoms with van der Waals surface area (Å²) in [6.07, 6.45) is 1.88. The third-order valence-electron chi connectivity index (χ3n) is 6.06. The minimum absolute atomic E-state index is 0.0641. The van der Waals surface area contributed by atoms with Gasteiger partial charge < -0.3 is 36.5 Å². The van der Waals surface area contributed by atoms with E-state index in [1.54, 1.807) is 60.7 Å². The number of ether oxygens (including phenoxy) is 2. The highest BCUT2D eigenvalue weighted by Gasteiger charge is 2.30. The van der Waals surface area contributed by atoms with Gasteiger partial charge in [0, 0.05) is 18.5 Å². The van der Waals surface area contributed by atoms with Crippen LogP contribution >= 0.6 is 0 Å². The predicted molar refractivity (Wildman–Crippen MR) is 161 cm³/mol. The van der Waals surface area contributed by atoms with Gasteiger partial charge in [0.2, 0.25) is 11.8 Å². The van der Waals surface area contributed by atoms with Gasteiger partial charge in [-0.05, 0) is 30.5 Å². The van der Waals surface area contributed by atoms with Crippen molar-refractivity contribution in [3.63, 3.8) is 0 Å². The average Bonchev–Trinajstić information content (AvgIpc) is 3.01. The Labute approximate surface area is 254 Å². The molecule has 0 fully saturated rings. The minimum Gasteiger partial charge on any atom is -0.467 e. The molecule has 0 aliphatic rings. The molecule has 15 heteroatoms. The highest BCUT2D eigenvalue weighted by atomic mass is 16.7. The van der Waals surface area contributed by atoms with Crippen molar-refractivity contribution in [2.45, 2.75) is 37.4 Å². The second-order valence-electron chi connectivity index (χ2n) is 9.35. The number of hydrogen-bond donors (Lipinski definition) is 5. The van der Waals surface area contributed by atoms with Gasteiger partial charge in [0.05, 0.1) is 20.3 Å². The van der Waals surface area contributed by atoms with E-state index >= 15 is 0 Å². The molecule has 0 bridgehead atoms. The lowest BCUT2D eigenvalue weighted by Gasteiger charge is -2.25. The monoisotopic (exact) mass is 611 g/mol. The Bertz CT molecular complexity index is 1290. The quantitative estimate of drug-likeness (QED) is 0.0294. The number of hydrogen-bond acceptors (Lipinski definition) is 8. The summed E-state index contributed by atoms with van der Waals surface area (Å²) in [5.41, 5.74) is 6.45. The van der Waals surface area contributed by atoms with Crippen molar-refractivity contribution in [3.8, 4) is 0 Å². The molecule has 2 rings (SSSR count). The van der Waals surface area contributed by atoms with E-state index in [0.29, 0.717) is 5.56 Å². The van der Waals surface area contributed by atoms with E-state index < -0.39 is 52.8 Å². The molecule has 3 unspecified atom stereocenters. The number of rotatable bonds is 18. The zero-order valence-electron chi connectivity index (χ0n) is 24.3. The molecular formula is C29H37N7O8. The first kappa shape index (κ1) is 34.9. The highest BCUT2D eigenvalue weighted by Crippen LogP contribution is 2.07. The standard InChI is InChI=1S/C29H37N7O8/c1-3-17-44-19-24(34-25(37)21-13-8-5-9-14-21)27(39)33-23(18-20-11-6-4-7-12-20)26(38)32-22(28(40)43-2)15-10-16-31-29(30)35-36(41)42/h3-9,11-14,22-24H,1,10,15-19H2,2H3,(H,32,38)(H,33,39)(H,34,37)(H3,30,31,35). The van der Waals surface area contributed by atoms with E-state index in [1.807, 2.05) is 0 Å². The number of hydrazone groups is 1. The van der Waals surface area contributed by atoms with Crippen LogP contribution in [0.4, 0.5) is 0 Å². The van der Waals surface area contributed by atoms with Crippen molar-refractivity contribution in [1.82, 2.24) is 21.3 Å². The van der Waals surface area contributed by atoms with Crippen molar-refractivity contribution in [2.75, 3.05) is 26.9 Å². The van der Waals surface area contributed by atoms with Gasteiger partial charge in [-0.3, -0.25) is 14.4 Å². The van der Waals surface area contributed by atoms with E-state index in [-0.39, 0.29) is 39.0 Å². The summed E-state index contributed by atoms with van der Waals surface area (Å²) in [5, 5.41) is 22.9. The number of carbonyl (C=O) groups is 4. The number of carbonyl (C=O) groups excluding carboxylic acids is 4. The maximum absolute atomic E-state index is 13.5. The molecule has 0 saturated heterocycles. The molecule has 0 aliphatic carbocycles. The van der Waals surface area contributed by atoms with E-state index in [4.69, 9.17) is 15.2 Å². The Hall–Kier alpha value is -5.31. The second kappa shape index (κ2) is 19.0. The smallest absolute Gasteiger partial charge is 0.328 e. The number of amides is 3. The molecule has 236 valence electrons. The lowest BCUT2D eigenvalue weighted by atomic mass is 10.0. The molecule has 0 saturated carbocycles. The Balaban J connectivity index is 2.20. The van der Waals surface area contributed by atoms with Crippen LogP contribution in [0.15, 0.2) is 78.4 Å². The molecule has 0 spiro atoms. The van der Waals surface area contributed by atoms with Gasteiger partial charge in [-0.15, -0.1) is 6.58 Å². The Morgan fingerprint density at radius 2 is 1.59 bits per heavy atom. The normalized spacial score (nSPS) is 13.0. The lowest BCUT2D eigenvalue weighted by Crippen LogP contribution is -2.57. The van der Waals surface area contributed by atoms with E-state index in [9.17, 15) is 29.3 Å². The zero-order valence-corrected chi connectivity index (χ0v) is 24.3. The summed E-state index contributed by atoms with van der Waals surface area (Å²) in [6.45, 7) is 3.62. The molecule has 2 aromatic carbocycles. The molecule has 6 N–H and O–H groups in total. The molecule has 3 amide bonds. The molecule has 0 aromatic heterocycles. The number of nitrogens with two attached hydrogens (primary N) is 1. The van der Waals surface area contributed by atoms with Crippen molar-refractivity contribution in [1.29, 1.82) is 0 Å². The van der Waals surface area contributed by atoms with Gasteiger partial charge in [0.25, 0.3) is 11.9 Å². The third-order valence-corrected chi connectivity index (χ3v) is 6.06. The molecular weight excluding hydrogens is 574 g/mol. The van der Waals surface area contributed by atoms with Crippen LogP contribution in [0.25, 0.3) is 0 Å². The van der Waals surface area contributed by atoms with Crippen LogP contribution in [0.1, 0.15) is 28.8 Å². The summed E-state index contributed by atoms with van der Waals surface area (Å²) in [5.74, 6) is -3.03. The summed E-state index contributed by atoms with van der Waals surface area (Å²) >= 11 is 0. The minimum atomic E-state index is -1.16. The van der Waals surface area contributed by atoms with Gasteiger partial charge in [-0.25, -0.2) is 14.9 Å². The SMILES string of the molecule is C=CCOCC(NC(=O)c1ccccc1)C(=O)NC(Cc1ccccc1)C(=O)NC(CCCN/C(N)=N/[N+](=O)[O-])C(=O)OC. The fourth-order valence-electron chi connectivity index (χ4n) is 3.92. The van der Waals surface area contributed by atoms with Crippen LogP contribution < -0.4 is 27.0 Å². The Morgan fingerprint density at radius 3 is 2.20 bits per heavy atom. The third kappa shape index (κ3) is 12.7. The van der Waals surface area contributed by atoms with Crippen LogP contribution in [0, 0.1) is 10.1 Å². The Morgan fingerprint density at radius 1 is 0.977 bits per heavy atom. The van der Waals surface area contributed by atoms with Gasteiger partial charge in [-0.2, -0.15) is 0 Å². The number of nitrogens with one attached hydrogen (secondary N) is 4. The number of nitrogens with zero attached hydrogens (tertiary/aromatic N) is 2. The molecule has 0 heterocycles. The fraction of sp³-hybridized carbons (Fsp3) is 0.345. The van der Waals surface area contributed by atoms with Crippen molar-refractivity contribution in [2.24, 2.45) is 10.8 Å². The predicted octanol–water partition coefficient (Wildman–Crippen LogP) is 0.249. The number of nitro groups is 1. The molecule has 44 heavy (non-hydrogen) atoms. The fourth-order valence-corrected chi connectivity index (χ4v) is 3.92. The first-order valence-corrected chi connectivity index (χ1v) is 13.6. The lowest BCUT2D eigenvalue weighted by molar-refractivity contribution is -0.485. The number of methoxy groups -OCH3 is 1. The van der Waals surface area contributed by atoms with Crippen LogP contribution in [0.3, 0.4) is 0 Å². The zero-order chi connectivity index (χ0) is 32.3. The maximum Gasteiger partial charge on any atom is 0.328 e.